The molecule has 0 radical (unpaired) electrons. The number of aliphatic hydroxyl groups is 1. The zero-order valence-corrected chi connectivity index (χ0v) is 17.9. The summed E-state index contributed by atoms with van der Waals surface area (Å²) in [7, 11) is -4.64. The van der Waals surface area contributed by atoms with Gasteiger partial charge in [-0.2, -0.15) is 11.8 Å². The summed E-state index contributed by atoms with van der Waals surface area (Å²) < 4.78 is 23.0. The summed E-state index contributed by atoms with van der Waals surface area (Å²) in [4.78, 5) is 26.2. The van der Waals surface area contributed by atoms with E-state index in [1.54, 1.807) is 4.57 Å². The number of nitrogens with zero attached hydrogens (tertiary/aromatic N) is 3. The Labute approximate surface area is 173 Å². The van der Waals surface area contributed by atoms with Crippen LogP contribution in [0.25, 0.3) is 11.0 Å². The van der Waals surface area contributed by atoms with Crippen LogP contribution >= 0.6 is 19.6 Å². The van der Waals surface area contributed by atoms with Gasteiger partial charge in [0.2, 0.25) is 0 Å². The number of nitrogens with two attached hydrogens (primary N) is 1. The predicted octanol–water partition coefficient (Wildman–Crippen LogP) is 1.85. The molecule has 0 amide bonds. The summed E-state index contributed by atoms with van der Waals surface area (Å²) in [6, 6.07) is 0. The molecule has 1 saturated heterocycles. The molecule has 3 heterocycles. The number of fused-ring (bicyclic) bond motifs is 1. The Bertz CT molecular complexity index is 875. The number of aryl methyl sites for hydroxylation is 1. The molecule has 2 aromatic rings. The molecule has 3 rings (SSSR count). The molecular weight excluding hydrogens is 419 g/mol. The smallest absolute Gasteiger partial charge is 0.390 e. The van der Waals surface area contributed by atoms with Crippen molar-refractivity contribution in [3.63, 3.8) is 0 Å². The number of phosphoric ester groups is 1. The number of thioether (sulfide) groups is 1. The van der Waals surface area contributed by atoms with Gasteiger partial charge in [-0.1, -0.05) is 13.3 Å². The van der Waals surface area contributed by atoms with Gasteiger partial charge in [-0.15, -0.1) is 0 Å². The van der Waals surface area contributed by atoms with Crippen LogP contribution in [0.5, 0.6) is 0 Å². The van der Waals surface area contributed by atoms with Crippen molar-refractivity contribution in [2.45, 2.75) is 51.0 Å². The lowest BCUT2D eigenvalue weighted by atomic mass is 10.2. The molecule has 0 spiro atoms. The summed E-state index contributed by atoms with van der Waals surface area (Å²) in [5.41, 5.74) is 7.72. The van der Waals surface area contributed by atoms with E-state index in [0.717, 1.165) is 28.9 Å². The van der Waals surface area contributed by atoms with Gasteiger partial charge in [0.1, 0.15) is 30.1 Å². The van der Waals surface area contributed by atoms with Crippen molar-refractivity contribution in [2.75, 3.05) is 23.8 Å². The molecule has 10 nitrogen and oxygen atoms in total. The van der Waals surface area contributed by atoms with E-state index in [4.69, 9.17) is 20.3 Å². The van der Waals surface area contributed by atoms with Gasteiger partial charge in [-0.25, -0.2) is 14.5 Å². The Morgan fingerprint density at radius 1 is 1.41 bits per heavy atom. The van der Waals surface area contributed by atoms with E-state index in [1.807, 2.05) is 18.0 Å². The zero-order valence-electron chi connectivity index (χ0n) is 16.2. The van der Waals surface area contributed by atoms with Crippen molar-refractivity contribution in [1.29, 1.82) is 0 Å². The van der Waals surface area contributed by atoms with Crippen LogP contribution in [0.4, 0.5) is 5.82 Å². The van der Waals surface area contributed by atoms with Gasteiger partial charge in [0.25, 0.3) is 0 Å². The highest BCUT2D eigenvalue weighted by Gasteiger charge is 2.37. The summed E-state index contributed by atoms with van der Waals surface area (Å²) in [5, 5.41) is 11.0. The van der Waals surface area contributed by atoms with E-state index in [2.05, 4.69) is 21.4 Å². The Hall–Kier alpha value is -1.20. The maximum Gasteiger partial charge on any atom is 0.469 e. The highest BCUT2D eigenvalue weighted by Crippen LogP contribution is 2.39. The van der Waals surface area contributed by atoms with Crippen molar-refractivity contribution in [3.05, 3.63) is 18.1 Å². The van der Waals surface area contributed by atoms with E-state index in [1.165, 1.54) is 19.2 Å². The van der Waals surface area contributed by atoms with Crippen molar-refractivity contribution in [1.82, 2.24) is 14.5 Å². The third kappa shape index (κ3) is 5.69. The summed E-state index contributed by atoms with van der Waals surface area (Å²) in [5.74, 6) is 2.45. The number of ether oxygens (including phenoxy) is 1. The molecular formula is C17H27N4O6PS. The van der Waals surface area contributed by atoms with E-state index in [9.17, 15) is 9.67 Å². The number of hydrogen-bond acceptors (Lipinski definition) is 8. The molecule has 0 unspecified atom stereocenters. The molecule has 12 heteroatoms. The standard InChI is InChI=1S/C17H27N4O6PS/c1-2-3-5-29-6-4-11-8-21(17-15(11)16(18)19-10-20-17)14-7-12(22)13(27-14)9-26-28(23,24)25/h8,10,12-14,22H,2-7,9H2,1H3,(H2,18,19,20)(H2,23,24,25)/t12-,13+,14+/m0/s1. The topological polar surface area (TPSA) is 153 Å². The van der Waals surface area contributed by atoms with Gasteiger partial charge >= 0.3 is 7.82 Å². The molecule has 0 aromatic carbocycles. The van der Waals surface area contributed by atoms with Crippen LogP contribution in [0.1, 0.15) is 38.0 Å². The molecule has 1 fully saturated rings. The van der Waals surface area contributed by atoms with Crippen LogP contribution in [0.3, 0.4) is 0 Å². The normalized spacial score (nSPS) is 22.6. The molecule has 2 aromatic heterocycles. The Balaban J connectivity index is 1.77. The SMILES string of the molecule is CCCCSCCc1cn([C@H]2C[C@H](O)[C@@H](COP(=O)(O)O)O2)c2ncnc(N)c12. The number of rotatable bonds is 10. The molecule has 3 atom stereocenters. The summed E-state index contributed by atoms with van der Waals surface area (Å²) in [6.07, 6.45) is 4.38. The first-order chi connectivity index (χ1) is 13.8. The number of anilines is 1. The van der Waals surface area contributed by atoms with E-state index < -0.39 is 32.9 Å². The first kappa shape index (κ1) is 22.5. The van der Waals surface area contributed by atoms with Crippen LogP contribution < -0.4 is 5.73 Å². The first-order valence-corrected chi connectivity index (χ1v) is 12.2. The van der Waals surface area contributed by atoms with E-state index >= 15 is 0 Å². The fourth-order valence-corrected chi connectivity index (χ4v) is 4.74. The highest BCUT2D eigenvalue weighted by molar-refractivity contribution is 7.99. The molecule has 0 bridgehead atoms. The number of hydrogen-bond donors (Lipinski definition) is 4. The second-order valence-corrected chi connectivity index (χ2v) is 9.42. The van der Waals surface area contributed by atoms with Gasteiger partial charge in [-0.3, -0.25) is 4.52 Å². The maximum absolute atomic E-state index is 10.9. The van der Waals surface area contributed by atoms with Crippen molar-refractivity contribution < 1.29 is 28.7 Å². The molecule has 0 aliphatic carbocycles. The van der Waals surface area contributed by atoms with Crippen molar-refractivity contribution in [3.8, 4) is 0 Å². The fourth-order valence-electron chi connectivity index (χ4n) is 3.33. The van der Waals surface area contributed by atoms with Crippen LogP contribution in [-0.2, 0) is 20.2 Å². The lowest BCUT2D eigenvalue weighted by Gasteiger charge is -2.16. The number of nitrogen functional groups attached to an aromatic ring is 1. The Morgan fingerprint density at radius 3 is 2.93 bits per heavy atom. The van der Waals surface area contributed by atoms with Crippen molar-refractivity contribution >= 4 is 36.4 Å². The van der Waals surface area contributed by atoms with Gasteiger partial charge in [0.05, 0.1) is 18.1 Å². The third-order valence-electron chi connectivity index (χ3n) is 4.80. The minimum absolute atomic E-state index is 0.244. The number of phosphoric acid groups is 1. The van der Waals surface area contributed by atoms with E-state index in [-0.39, 0.29) is 6.42 Å². The number of aliphatic hydroxyl groups excluding tert-OH is 1. The monoisotopic (exact) mass is 446 g/mol. The average molecular weight is 446 g/mol. The average Bonchev–Trinajstić information content (AvgIpc) is 3.20. The first-order valence-electron chi connectivity index (χ1n) is 9.51. The predicted molar refractivity (Wildman–Crippen MR) is 110 cm³/mol. The summed E-state index contributed by atoms with van der Waals surface area (Å²) >= 11 is 1.89. The third-order valence-corrected chi connectivity index (χ3v) is 6.35. The number of unbranched alkanes of at least 4 members (excludes halogenated alkanes) is 1. The second kappa shape index (κ2) is 9.74. The minimum Gasteiger partial charge on any atom is -0.390 e. The van der Waals surface area contributed by atoms with Gasteiger partial charge in [-0.05, 0) is 29.9 Å². The zero-order chi connectivity index (χ0) is 21.0. The van der Waals surface area contributed by atoms with Crippen LogP contribution in [-0.4, -0.2) is 59.7 Å². The maximum atomic E-state index is 10.9. The van der Waals surface area contributed by atoms with E-state index in [0.29, 0.717) is 11.5 Å². The number of aromatic nitrogens is 3. The van der Waals surface area contributed by atoms with Crippen LogP contribution in [0.15, 0.2) is 12.5 Å². The lowest BCUT2D eigenvalue weighted by Crippen LogP contribution is -2.25. The van der Waals surface area contributed by atoms with Gasteiger partial charge in [0.15, 0.2) is 0 Å². The molecule has 0 saturated carbocycles. The molecule has 29 heavy (non-hydrogen) atoms. The van der Waals surface area contributed by atoms with Crippen LogP contribution in [0, 0.1) is 0 Å². The van der Waals surface area contributed by atoms with Gasteiger partial charge in [0, 0.05) is 12.6 Å². The molecule has 1 aliphatic rings. The minimum atomic E-state index is -4.64. The Kier molecular flexibility index (Phi) is 7.55. The fraction of sp³-hybridized carbons (Fsp3) is 0.647. The molecule has 1 aliphatic heterocycles. The van der Waals surface area contributed by atoms with Crippen molar-refractivity contribution in [2.24, 2.45) is 0 Å². The lowest BCUT2D eigenvalue weighted by molar-refractivity contribution is -0.0422. The summed E-state index contributed by atoms with van der Waals surface area (Å²) in [6.45, 7) is 1.76. The highest BCUT2D eigenvalue weighted by atomic mass is 32.2. The Morgan fingerprint density at radius 2 is 2.21 bits per heavy atom. The van der Waals surface area contributed by atoms with Crippen LogP contribution in [0.2, 0.25) is 0 Å². The molecule has 162 valence electrons. The molecule has 5 N–H and O–H groups in total. The largest absolute Gasteiger partial charge is 0.469 e. The quantitative estimate of drug-likeness (QED) is 0.314. The second-order valence-electron chi connectivity index (χ2n) is 6.95. The van der Waals surface area contributed by atoms with Gasteiger partial charge < -0.3 is 29.9 Å².